The van der Waals surface area contributed by atoms with Gasteiger partial charge in [0, 0.05) is 24.0 Å². The third kappa shape index (κ3) is 5.05. The molecule has 6 atom stereocenters. The SMILES string of the molecule is CC(C)c1ccc(OC(F)F)c(NC2C(C(c3ccccc3)c3ccccc3)NC3CCCC4C(C3)C42)c1. The zero-order valence-corrected chi connectivity index (χ0v) is 22.2. The van der Waals surface area contributed by atoms with Gasteiger partial charge >= 0.3 is 6.61 Å². The van der Waals surface area contributed by atoms with E-state index in [1.54, 1.807) is 6.07 Å². The first-order valence-corrected chi connectivity index (χ1v) is 14.2. The molecule has 0 spiro atoms. The Morgan fingerprint density at radius 1 is 0.842 bits per heavy atom. The normalized spacial score (nSPS) is 28.2. The van der Waals surface area contributed by atoms with E-state index in [1.165, 1.54) is 36.8 Å². The van der Waals surface area contributed by atoms with Gasteiger partial charge in [0.25, 0.3) is 0 Å². The Bertz CT molecular complexity index is 1180. The highest BCUT2D eigenvalue weighted by Gasteiger charge is 2.59. The summed E-state index contributed by atoms with van der Waals surface area (Å²) in [7, 11) is 0. The lowest BCUT2D eigenvalue weighted by atomic mass is 9.80. The molecule has 6 rings (SSSR count). The first-order valence-electron chi connectivity index (χ1n) is 14.2. The maximum absolute atomic E-state index is 13.4. The van der Waals surface area contributed by atoms with Crippen LogP contribution in [0.15, 0.2) is 78.9 Å². The maximum Gasteiger partial charge on any atom is 0.387 e. The second-order valence-corrected chi connectivity index (χ2v) is 11.7. The molecule has 2 bridgehead atoms. The van der Waals surface area contributed by atoms with Crippen LogP contribution in [0.1, 0.15) is 68.1 Å². The fourth-order valence-electron chi connectivity index (χ4n) is 7.37. The second-order valence-electron chi connectivity index (χ2n) is 11.7. The van der Waals surface area contributed by atoms with Gasteiger partial charge in [0.1, 0.15) is 5.75 Å². The molecule has 3 aromatic carbocycles. The molecule has 1 heterocycles. The molecule has 5 heteroatoms. The van der Waals surface area contributed by atoms with E-state index >= 15 is 0 Å². The van der Waals surface area contributed by atoms with E-state index < -0.39 is 6.61 Å². The number of nitrogens with one attached hydrogen (secondary N) is 2. The van der Waals surface area contributed by atoms with Crippen molar-refractivity contribution in [1.82, 2.24) is 5.32 Å². The van der Waals surface area contributed by atoms with Gasteiger partial charge < -0.3 is 15.4 Å². The molecule has 3 aromatic rings. The molecule has 3 aliphatic rings. The third-order valence-corrected chi connectivity index (χ3v) is 9.16. The molecular formula is C33H38F2N2O. The number of alkyl halides is 2. The number of hydrogen-bond donors (Lipinski definition) is 2. The summed E-state index contributed by atoms with van der Waals surface area (Å²) in [6.45, 7) is 1.39. The minimum absolute atomic E-state index is 0.0842. The van der Waals surface area contributed by atoms with E-state index in [-0.39, 0.29) is 29.7 Å². The quantitative estimate of drug-likeness (QED) is 0.320. The van der Waals surface area contributed by atoms with Crippen LogP contribution >= 0.6 is 0 Å². The van der Waals surface area contributed by atoms with Crippen LogP contribution in [0.5, 0.6) is 5.75 Å². The van der Waals surface area contributed by atoms with Crippen LogP contribution in [0, 0.1) is 17.8 Å². The monoisotopic (exact) mass is 516 g/mol. The van der Waals surface area contributed by atoms with Gasteiger partial charge in [-0.1, -0.05) is 87.0 Å². The van der Waals surface area contributed by atoms with Crippen molar-refractivity contribution in [2.75, 3.05) is 5.32 Å². The van der Waals surface area contributed by atoms with Crippen molar-refractivity contribution in [2.45, 2.75) is 76.1 Å². The Balaban J connectivity index is 1.46. The van der Waals surface area contributed by atoms with Gasteiger partial charge in [-0.3, -0.25) is 0 Å². The predicted octanol–water partition coefficient (Wildman–Crippen LogP) is 7.80. The van der Waals surface area contributed by atoms with Crippen LogP contribution in [0.25, 0.3) is 0 Å². The largest absolute Gasteiger partial charge is 0.433 e. The lowest BCUT2D eigenvalue weighted by Gasteiger charge is -2.38. The predicted molar refractivity (Wildman–Crippen MR) is 149 cm³/mol. The van der Waals surface area contributed by atoms with Gasteiger partial charge in [-0.25, -0.2) is 0 Å². The minimum atomic E-state index is -2.86. The lowest BCUT2D eigenvalue weighted by molar-refractivity contribution is -0.0494. The molecule has 6 unspecified atom stereocenters. The summed E-state index contributed by atoms with van der Waals surface area (Å²) in [5.41, 5.74) is 4.34. The summed E-state index contributed by atoms with van der Waals surface area (Å²) < 4.78 is 31.9. The van der Waals surface area contributed by atoms with Gasteiger partial charge in [-0.2, -0.15) is 8.78 Å². The van der Waals surface area contributed by atoms with Crippen LogP contribution in [-0.4, -0.2) is 24.7 Å². The van der Waals surface area contributed by atoms with Crippen molar-refractivity contribution in [3.8, 4) is 5.75 Å². The maximum atomic E-state index is 13.4. The zero-order chi connectivity index (χ0) is 26.2. The number of anilines is 1. The molecule has 3 nitrogen and oxygen atoms in total. The number of benzene rings is 3. The molecule has 2 aliphatic carbocycles. The molecule has 2 N–H and O–H groups in total. The Labute approximate surface area is 225 Å². The Morgan fingerprint density at radius 2 is 1.53 bits per heavy atom. The zero-order valence-electron chi connectivity index (χ0n) is 22.2. The topological polar surface area (TPSA) is 33.3 Å². The highest BCUT2D eigenvalue weighted by molar-refractivity contribution is 5.60. The second kappa shape index (κ2) is 10.7. The van der Waals surface area contributed by atoms with E-state index in [2.05, 4.69) is 85.1 Å². The molecule has 1 saturated heterocycles. The van der Waals surface area contributed by atoms with Gasteiger partial charge in [0.15, 0.2) is 0 Å². The van der Waals surface area contributed by atoms with Crippen LogP contribution in [0.4, 0.5) is 14.5 Å². The standard InChI is InChI=1S/C33H38F2N2O/c1-20(2)23-16-17-28(38-33(34)35)27(18-23)37-32-30-25-15-9-14-24(19-26(25)30)36-31(32)29(21-10-5-3-6-11-21)22-12-7-4-8-13-22/h3-8,10-13,16-18,20,24-26,29-33,36-37H,9,14-15,19H2,1-2H3. The van der Waals surface area contributed by atoms with E-state index in [0.717, 1.165) is 5.56 Å². The van der Waals surface area contributed by atoms with E-state index in [1.807, 2.05) is 12.1 Å². The molecule has 38 heavy (non-hydrogen) atoms. The fraction of sp³-hybridized carbons (Fsp3) is 0.455. The molecule has 3 fully saturated rings. The summed E-state index contributed by atoms with van der Waals surface area (Å²) in [5.74, 6) is 2.52. The van der Waals surface area contributed by atoms with E-state index in [0.29, 0.717) is 29.5 Å². The highest BCUT2D eigenvalue weighted by atomic mass is 19.3. The summed E-state index contributed by atoms with van der Waals surface area (Å²) >= 11 is 0. The summed E-state index contributed by atoms with van der Waals surface area (Å²) in [5, 5.41) is 7.96. The molecule has 0 amide bonds. The number of ether oxygens (including phenoxy) is 1. The Morgan fingerprint density at radius 3 is 2.16 bits per heavy atom. The number of rotatable bonds is 8. The summed E-state index contributed by atoms with van der Waals surface area (Å²) in [4.78, 5) is 0. The first-order chi connectivity index (χ1) is 18.5. The van der Waals surface area contributed by atoms with Crippen molar-refractivity contribution in [3.63, 3.8) is 0 Å². The minimum Gasteiger partial charge on any atom is -0.433 e. The van der Waals surface area contributed by atoms with Crippen LogP contribution < -0.4 is 15.4 Å². The molecular weight excluding hydrogens is 478 g/mol. The lowest BCUT2D eigenvalue weighted by Crippen LogP contribution is -2.51. The Hall–Kier alpha value is -2.92. The average Bonchev–Trinajstić information content (AvgIpc) is 3.64. The van der Waals surface area contributed by atoms with Gasteiger partial charge in [-0.15, -0.1) is 0 Å². The molecule has 0 radical (unpaired) electrons. The summed E-state index contributed by atoms with van der Waals surface area (Å²) in [6.07, 6.45) is 4.90. The van der Waals surface area contributed by atoms with Crippen LogP contribution in [-0.2, 0) is 0 Å². The number of halogens is 2. The molecule has 2 saturated carbocycles. The van der Waals surface area contributed by atoms with Crippen molar-refractivity contribution in [3.05, 3.63) is 95.6 Å². The molecule has 200 valence electrons. The fourth-order valence-corrected chi connectivity index (χ4v) is 7.37. The van der Waals surface area contributed by atoms with Crippen molar-refractivity contribution in [1.29, 1.82) is 0 Å². The van der Waals surface area contributed by atoms with Crippen molar-refractivity contribution >= 4 is 5.69 Å². The third-order valence-electron chi connectivity index (χ3n) is 9.16. The smallest absolute Gasteiger partial charge is 0.387 e. The van der Waals surface area contributed by atoms with Gasteiger partial charge in [0.05, 0.1) is 5.69 Å². The van der Waals surface area contributed by atoms with Crippen molar-refractivity contribution in [2.24, 2.45) is 17.8 Å². The van der Waals surface area contributed by atoms with E-state index in [4.69, 9.17) is 4.74 Å². The summed E-state index contributed by atoms with van der Waals surface area (Å²) in [6, 6.07) is 27.8. The van der Waals surface area contributed by atoms with Crippen molar-refractivity contribution < 1.29 is 13.5 Å². The van der Waals surface area contributed by atoms with Crippen LogP contribution in [0.2, 0.25) is 0 Å². The number of hydrogen-bond acceptors (Lipinski definition) is 3. The first kappa shape index (κ1) is 25.4. The van der Waals surface area contributed by atoms with Gasteiger partial charge in [-0.05, 0) is 71.8 Å². The highest BCUT2D eigenvalue weighted by Crippen LogP contribution is 2.59. The molecule has 1 aliphatic heterocycles. The van der Waals surface area contributed by atoms with E-state index in [9.17, 15) is 8.78 Å². The van der Waals surface area contributed by atoms with Crippen LogP contribution in [0.3, 0.4) is 0 Å². The Kier molecular flexibility index (Phi) is 7.13. The van der Waals surface area contributed by atoms with Gasteiger partial charge in [0.2, 0.25) is 0 Å². The molecule has 0 aromatic heterocycles. The average molecular weight is 517 g/mol. The number of fused-ring (bicyclic) bond motifs is 2.